The molecular formula is C24H16F3NO2. The van der Waals surface area contributed by atoms with Crippen LogP contribution in [0.1, 0.15) is 5.56 Å². The van der Waals surface area contributed by atoms with E-state index < -0.39 is 11.7 Å². The molecule has 0 unspecified atom stereocenters. The Kier molecular flexibility index (Phi) is 4.91. The van der Waals surface area contributed by atoms with Crippen LogP contribution in [0.5, 0.6) is 11.5 Å². The summed E-state index contributed by atoms with van der Waals surface area (Å²) >= 11 is 0. The number of halogens is 3. The first-order valence-electron chi connectivity index (χ1n) is 9.09. The summed E-state index contributed by atoms with van der Waals surface area (Å²) in [6.07, 6.45) is -4.46. The molecule has 0 aliphatic heterocycles. The summed E-state index contributed by atoms with van der Waals surface area (Å²) in [5, 5.41) is 20.1. The standard InChI is InChI=1S/C24H16F3NO2/c25-24(26,27)18-7-3-5-15(11-18)17-13-21(16-6-4-8-19(29)12-16)28-22(14-17)20-9-1-2-10-23(20)30/h1-14,29-30H. The number of hydrogen-bond acceptors (Lipinski definition) is 3. The number of rotatable bonds is 3. The number of pyridine rings is 1. The molecule has 30 heavy (non-hydrogen) atoms. The average Bonchev–Trinajstić information content (AvgIpc) is 2.73. The van der Waals surface area contributed by atoms with E-state index in [4.69, 9.17) is 0 Å². The van der Waals surface area contributed by atoms with Gasteiger partial charge in [-0.05, 0) is 59.7 Å². The molecule has 150 valence electrons. The largest absolute Gasteiger partial charge is 0.508 e. The number of phenolic OH excluding ortho intramolecular Hbond substituents is 2. The molecule has 1 aromatic heterocycles. The summed E-state index contributed by atoms with van der Waals surface area (Å²) < 4.78 is 39.6. The van der Waals surface area contributed by atoms with Gasteiger partial charge >= 0.3 is 6.18 Å². The number of nitrogens with zero attached hydrogens (tertiary/aromatic N) is 1. The van der Waals surface area contributed by atoms with E-state index in [2.05, 4.69) is 4.98 Å². The van der Waals surface area contributed by atoms with Crippen LogP contribution in [0.25, 0.3) is 33.6 Å². The summed E-state index contributed by atoms with van der Waals surface area (Å²) in [6.45, 7) is 0. The normalized spacial score (nSPS) is 11.4. The van der Waals surface area contributed by atoms with Crippen LogP contribution in [0.2, 0.25) is 0 Å². The maximum absolute atomic E-state index is 13.2. The number of alkyl halides is 3. The van der Waals surface area contributed by atoms with E-state index in [-0.39, 0.29) is 11.5 Å². The highest BCUT2D eigenvalue weighted by Crippen LogP contribution is 2.36. The zero-order chi connectivity index (χ0) is 21.3. The van der Waals surface area contributed by atoms with Crippen molar-refractivity contribution in [2.45, 2.75) is 6.18 Å². The van der Waals surface area contributed by atoms with Crippen molar-refractivity contribution in [1.82, 2.24) is 4.98 Å². The Hall–Kier alpha value is -3.80. The van der Waals surface area contributed by atoms with Crippen molar-refractivity contribution >= 4 is 0 Å². The minimum Gasteiger partial charge on any atom is -0.508 e. The fourth-order valence-corrected chi connectivity index (χ4v) is 3.21. The minimum absolute atomic E-state index is 0.00745. The lowest BCUT2D eigenvalue weighted by molar-refractivity contribution is -0.137. The molecule has 0 spiro atoms. The maximum atomic E-state index is 13.2. The van der Waals surface area contributed by atoms with Gasteiger partial charge in [0.15, 0.2) is 0 Å². The molecule has 3 nitrogen and oxygen atoms in total. The van der Waals surface area contributed by atoms with Crippen LogP contribution in [0.4, 0.5) is 13.2 Å². The molecule has 0 saturated carbocycles. The predicted octanol–water partition coefficient (Wildman–Crippen LogP) is 6.51. The third-order valence-electron chi connectivity index (χ3n) is 4.67. The number of aromatic nitrogens is 1. The highest BCUT2D eigenvalue weighted by Gasteiger charge is 2.30. The van der Waals surface area contributed by atoms with Crippen molar-refractivity contribution in [1.29, 1.82) is 0 Å². The SMILES string of the molecule is Oc1cccc(-c2cc(-c3cccc(C(F)(F)F)c3)cc(-c3ccccc3O)n2)c1. The van der Waals surface area contributed by atoms with Crippen LogP contribution in [0, 0.1) is 0 Å². The van der Waals surface area contributed by atoms with Crippen LogP contribution in [-0.4, -0.2) is 15.2 Å². The smallest absolute Gasteiger partial charge is 0.416 e. The quantitative estimate of drug-likeness (QED) is 0.407. The summed E-state index contributed by atoms with van der Waals surface area (Å²) in [5.74, 6) is 0.0518. The fourth-order valence-electron chi connectivity index (χ4n) is 3.21. The molecule has 0 bridgehead atoms. The lowest BCUT2D eigenvalue weighted by Gasteiger charge is -2.13. The Labute approximate surface area is 170 Å². The Balaban J connectivity index is 1.94. The second-order valence-corrected chi connectivity index (χ2v) is 6.77. The van der Waals surface area contributed by atoms with E-state index in [1.807, 2.05) is 0 Å². The Morgan fingerprint density at radius 2 is 1.33 bits per heavy atom. The van der Waals surface area contributed by atoms with Crippen molar-refractivity contribution in [2.75, 3.05) is 0 Å². The molecule has 0 radical (unpaired) electrons. The van der Waals surface area contributed by atoms with Crippen molar-refractivity contribution in [3.63, 3.8) is 0 Å². The van der Waals surface area contributed by atoms with Crippen LogP contribution >= 0.6 is 0 Å². The number of hydrogen-bond donors (Lipinski definition) is 2. The lowest BCUT2D eigenvalue weighted by Crippen LogP contribution is -2.04. The van der Waals surface area contributed by atoms with Crippen LogP contribution < -0.4 is 0 Å². The van der Waals surface area contributed by atoms with Gasteiger partial charge in [-0.2, -0.15) is 13.2 Å². The van der Waals surface area contributed by atoms with E-state index in [0.29, 0.717) is 33.6 Å². The van der Waals surface area contributed by atoms with E-state index >= 15 is 0 Å². The third-order valence-corrected chi connectivity index (χ3v) is 4.67. The van der Waals surface area contributed by atoms with Gasteiger partial charge in [0.2, 0.25) is 0 Å². The minimum atomic E-state index is -4.46. The van der Waals surface area contributed by atoms with Gasteiger partial charge in [-0.15, -0.1) is 0 Å². The second-order valence-electron chi connectivity index (χ2n) is 6.77. The van der Waals surface area contributed by atoms with Gasteiger partial charge < -0.3 is 10.2 Å². The molecule has 0 saturated heterocycles. The molecule has 2 N–H and O–H groups in total. The van der Waals surface area contributed by atoms with Gasteiger partial charge in [-0.1, -0.05) is 36.4 Å². The van der Waals surface area contributed by atoms with E-state index in [1.165, 1.54) is 24.3 Å². The first-order valence-corrected chi connectivity index (χ1v) is 9.09. The zero-order valence-electron chi connectivity index (χ0n) is 15.6. The number of para-hydroxylation sites is 1. The van der Waals surface area contributed by atoms with Crippen molar-refractivity contribution in [2.24, 2.45) is 0 Å². The molecule has 0 amide bonds. The topological polar surface area (TPSA) is 53.4 Å². The summed E-state index contributed by atoms with van der Waals surface area (Å²) in [4.78, 5) is 4.58. The first kappa shape index (κ1) is 19.5. The maximum Gasteiger partial charge on any atom is 0.416 e. The molecule has 6 heteroatoms. The highest BCUT2D eigenvalue weighted by atomic mass is 19.4. The van der Waals surface area contributed by atoms with E-state index in [9.17, 15) is 23.4 Å². The van der Waals surface area contributed by atoms with Crippen molar-refractivity contribution in [3.8, 4) is 45.1 Å². The molecule has 1 heterocycles. The van der Waals surface area contributed by atoms with Crippen LogP contribution in [0.15, 0.2) is 84.9 Å². The molecule has 0 aliphatic carbocycles. The first-order chi connectivity index (χ1) is 14.3. The van der Waals surface area contributed by atoms with Gasteiger partial charge in [0, 0.05) is 11.1 Å². The Morgan fingerprint density at radius 3 is 2.07 bits per heavy atom. The van der Waals surface area contributed by atoms with Crippen LogP contribution in [0.3, 0.4) is 0 Å². The van der Waals surface area contributed by atoms with Gasteiger partial charge in [0.05, 0.1) is 17.0 Å². The number of aromatic hydroxyl groups is 2. The molecule has 4 rings (SSSR count). The summed E-state index contributed by atoms with van der Waals surface area (Å²) in [7, 11) is 0. The molecular weight excluding hydrogens is 391 g/mol. The molecule has 0 atom stereocenters. The zero-order valence-corrected chi connectivity index (χ0v) is 15.6. The molecule has 0 fully saturated rings. The Morgan fingerprint density at radius 1 is 0.633 bits per heavy atom. The fraction of sp³-hybridized carbons (Fsp3) is 0.0417. The number of benzene rings is 3. The average molecular weight is 407 g/mol. The monoisotopic (exact) mass is 407 g/mol. The van der Waals surface area contributed by atoms with Crippen LogP contribution in [-0.2, 0) is 6.18 Å². The predicted molar refractivity (Wildman–Crippen MR) is 109 cm³/mol. The van der Waals surface area contributed by atoms with Gasteiger partial charge in [-0.3, -0.25) is 0 Å². The molecule has 0 aliphatic rings. The molecule has 4 aromatic rings. The van der Waals surface area contributed by atoms with Crippen molar-refractivity contribution < 1.29 is 23.4 Å². The summed E-state index contributed by atoms with van der Waals surface area (Å²) in [6, 6.07) is 21.4. The Bertz CT molecular complexity index is 1220. The third kappa shape index (κ3) is 3.98. The molecule has 3 aromatic carbocycles. The number of phenols is 2. The van der Waals surface area contributed by atoms with Gasteiger partial charge in [0.1, 0.15) is 11.5 Å². The van der Waals surface area contributed by atoms with E-state index in [1.54, 1.807) is 48.5 Å². The van der Waals surface area contributed by atoms with Gasteiger partial charge in [-0.25, -0.2) is 4.98 Å². The summed E-state index contributed by atoms with van der Waals surface area (Å²) in [5.41, 5.74) is 2.03. The lowest BCUT2D eigenvalue weighted by atomic mass is 9.98. The highest BCUT2D eigenvalue weighted by molar-refractivity contribution is 5.78. The second kappa shape index (κ2) is 7.55. The van der Waals surface area contributed by atoms with Crippen molar-refractivity contribution in [3.05, 3.63) is 90.5 Å². The van der Waals surface area contributed by atoms with E-state index in [0.717, 1.165) is 12.1 Å². The van der Waals surface area contributed by atoms with Gasteiger partial charge in [0.25, 0.3) is 0 Å².